The summed E-state index contributed by atoms with van der Waals surface area (Å²) in [6.45, 7) is 11.6. The van der Waals surface area contributed by atoms with E-state index < -0.39 is 0 Å². The first-order valence-electron chi connectivity index (χ1n) is 7.33. The van der Waals surface area contributed by atoms with Crippen LogP contribution in [0.1, 0.15) is 53.9 Å². The number of hydrogen-bond donors (Lipinski definition) is 0. The van der Waals surface area contributed by atoms with Crippen LogP contribution in [0, 0.1) is 22.7 Å². The zero-order valence-electron chi connectivity index (χ0n) is 12.3. The van der Waals surface area contributed by atoms with Gasteiger partial charge in [0.2, 0.25) is 6.29 Å². The maximum atomic E-state index is 6.46. The van der Waals surface area contributed by atoms with E-state index in [9.17, 15) is 0 Å². The molecule has 2 nitrogen and oxygen atoms in total. The first-order valence-corrected chi connectivity index (χ1v) is 7.33. The lowest BCUT2D eigenvalue weighted by atomic mass is 9.64. The Morgan fingerprint density at radius 3 is 2.44 bits per heavy atom. The Bertz CT molecular complexity index is 385. The highest BCUT2D eigenvalue weighted by molar-refractivity contribution is 5.25. The van der Waals surface area contributed by atoms with Crippen molar-refractivity contribution in [3.63, 3.8) is 0 Å². The first kappa shape index (κ1) is 12.5. The molecular formula is C16H26O2. The summed E-state index contributed by atoms with van der Waals surface area (Å²) in [5.41, 5.74) is 0.529. The van der Waals surface area contributed by atoms with E-state index in [1.165, 1.54) is 19.3 Å². The van der Waals surface area contributed by atoms with E-state index in [1.54, 1.807) is 0 Å². The fourth-order valence-corrected chi connectivity index (χ4v) is 4.53. The minimum atomic E-state index is -0.0907. The van der Waals surface area contributed by atoms with Gasteiger partial charge in [0.25, 0.3) is 0 Å². The van der Waals surface area contributed by atoms with Crippen LogP contribution in [0.2, 0.25) is 0 Å². The van der Waals surface area contributed by atoms with Crippen molar-refractivity contribution >= 4 is 0 Å². The number of hydrogen-bond acceptors (Lipinski definition) is 2. The third kappa shape index (κ3) is 1.28. The zero-order valence-corrected chi connectivity index (χ0v) is 12.3. The van der Waals surface area contributed by atoms with E-state index in [1.807, 2.05) is 6.26 Å². The van der Waals surface area contributed by atoms with Crippen LogP contribution in [-0.4, -0.2) is 11.9 Å². The van der Waals surface area contributed by atoms with Gasteiger partial charge in [0, 0.05) is 11.3 Å². The average Bonchev–Trinajstić information content (AvgIpc) is 2.61. The van der Waals surface area contributed by atoms with E-state index in [0.717, 1.165) is 5.92 Å². The van der Waals surface area contributed by atoms with Gasteiger partial charge in [0.1, 0.15) is 0 Å². The molecule has 1 aliphatic heterocycles. The Kier molecular flexibility index (Phi) is 2.46. The quantitative estimate of drug-likeness (QED) is 0.697. The smallest absolute Gasteiger partial charge is 0.202 e. The molecule has 0 saturated heterocycles. The lowest BCUT2D eigenvalue weighted by Crippen LogP contribution is -2.52. The maximum Gasteiger partial charge on any atom is 0.202 e. The molecule has 4 atom stereocenters. The van der Waals surface area contributed by atoms with Crippen molar-refractivity contribution in [1.29, 1.82) is 0 Å². The van der Waals surface area contributed by atoms with Crippen LogP contribution in [0.15, 0.2) is 12.3 Å². The normalized spacial score (nSPS) is 49.0. The van der Waals surface area contributed by atoms with E-state index in [-0.39, 0.29) is 17.3 Å². The minimum absolute atomic E-state index is 0.0815. The van der Waals surface area contributed by atoms with Crippen molar-refractivity contribution in [3.05, 3.63) is 12.3 Å². The molecule has 3 rings (SSSR count). The summed E-state index contributed by atoms with van der Waals surface area (Å²) >= 11 is 0. The second-order valence-electron chi connectivity index (χ2n) is 7.55. The average molecular weight is 250 g/mol. The van der Waals surface area contributed by atoms with E-state index >= 15 is 0 Å². The highest BCUT2D eigenvalue weighted by atomic mass is 16.7. The predicted molar refractivity (Wildman–Crippen MR) is 71.9 cm³/mol. The van der Waals surface area contributed by atoms with Crippen LogP contribution < -0.4 is 0 Å². The molecule has 1 heterocycles. The van der Waals surface area contributed by atoms with Crippen LogP contribution in [-0.2, 0) is 9.47 Å². The molecule has 2 bridgehead atoms. The molecule has 0 aromatic rings. The summed E-state index contributed by atoms with van der Waals surface area (Å²) < 4.78 is 12.1. The Morgan fingerprint density at radius 2 is 1.94 bits per heavy atom. The summed E-state index contributed by atoms with van der Waals surface area (Å²) in [5, 5.41) is 0. The number of ether oxygens (including phenoxy) is 2. The highest BCUT2D eigenvalue weighted by Gasteiger charge is 2.69. The largest absolute Gasteiger partial charge is 0.472 e. The van der Waals surface area contributed by atoms with E-state index in [2.05, 4.69) is 40.7 Å². The fraction of sp³-hybridized carbons (Fsp3) is 0.875. The second kappa shape index (κ2) is 3.53. The van der Waals surface area contributed by atoms with Crippen LogP contribution in [0.4, 0.5) is 0 Å². The van der Waals surface area contributed by atoms with Crippen molar-refractivity contribution in [3.8, 4) is 0 Å². The molecule has 0 N–H and O–H groups in total. The number of fused-ring (bicyclic) bond motifs is 3. The van der Waals surface area contributed by atoms with Gasteiger partial charge in [0.15, 0.2) is 0 Å². The molecule has 0 radical (unpaired) electrons. The number of rotatable bonds is 1. The van der Waals surface area contributed by atoms with E-state index in [4.69, 9.17) is 9.47 Å². The lowest BCUT2D eigenvalue weighted by Gasteiger charge is -2.49. The molecule has 0 amide bonds. The summed E-state index contributed by atoms with van der Waals surface area (Å²) in [4.78, 5) is 0. The first-order chi connectivity index (χ1) is 8.32. The van der Waals surface area contributed by atoms with Gasteiger partial charge in [-0.1, -0.05) is 34.6 Å². The van der Waals surface area contributed by atoms with Crippen LogP contribution >= 0.6 is 0 Å². The Balaban J connectivity index is 1.98. The highest BCUT2D eigenvalue weighted by Crippen LogP contribution is 2.71. The van der Waals surface area contributed by atoms with Gasteiger partial charge in [-0.3, -0.25) is 0 Å². The monoisotopic (exact) mass is 250 g/mol. The maximum absolute atomic E-state index is 6.46. The van der Waals surface area contributed by atoms with E-state index in [0.29, 0.717) is 11.3 Å². The molecule has 3 aliphatic rings. The molecule has 102 valence electrons. The second-order valence-corrected chi connectivity index (χ2v) is 7.55. The van der Waals surface area contributed by atoms with Gasteiger partial charge in [-0.2, -0.15) is 0 Å². The zero-order chi connectivity index (χ0) is 13.2. The summed E-state index contributed by atoms with van der Waals surface area (Å²) in [5.74, 6) is 1.19. The van der Waals surface area contributed by atoms with Crippen molar-refractivity contribution in [2.24, 2.45) is 22.7 Å². The van der Waals surface area contributed by atoms with Gasteiger partial charge < -0.3 is 9.47 Å². The Labute approximate surface area is 111 Å². The lowest BCUT2D eigenvalue weighted by molar-refractivity contribution is -0.242. The Morgan fingerprint density at radius 1 is 1.22 bits per heavy atom. The fourth-order valence-electron chi connectivity index (χ4n) is 4.53. The van der Waals surface area contributed by atoms with Crippen LogP contribution in [0.5, 0.6) is 0 Å². The van der Waals surface area contributed by atoms with Gasteiger partial charge in [-0.05, 0) is 36.7 Å². The van der Waals surface area contributed by atoms with Gasteiger partial charge in [-0.15, -0.1) is 0 Å². The van der Waals surface area contributed by atoms with Crippen LogP contribution in [0.3, 0.4) is 0 Å². The molecule has 2 saturated carbocycles. The molecule has 2 aliphatic carbocycles. The predicted octanol–water partition coefficient (Wildman–Crippen LogP) is 4.11. The summed E-state index contributed by atoms with van der Waals surface area (Å²) in [7, 11) is 0. The third-order valence-corrected chi connectivity index (χ3v) is 6.34. The third-order valence-electron chi connectivity index (χ3n) is 6.34. The van der Waals surface area contributed by atoms with Gasteiger partial charge >= 0.3 is 0 Å². The van der Waals surface area contributed by atoms with Crippen molar-refractivity contribution in [2.45, 2.75) is 65.8 Å². The Hall–Kier alpha value is -0.500. The standard InChI is InChI=1S/C16H26O2/c1-11(2)13-17-9-8-16(18-13)10-12-6-7-15(16,5)14(12,3)4/h8-9,11-13H,6-7,10H2,1-5H3/t12-,13?,15-,16-/m1/s1. The topological polar surface area (TPSA) is 18.5 Å². The molecule has 2 fully saturated rings. The molecule has 1 spiro atoms. The molecular weight excluding hydrogens is 224 g/mol. The van der Waals surface area contributed by atoms with Crippen molar-refractivity contribution in [2.75, 3.05) is 0 Å². The molecule has 0 aromatic heterocycles. The minimum Gasteiger partial charge on any atom is -0.472 e. The van der Waals surface area contributed by atoms with Gasteiger partial charge in [0.05, 0.1) is 11.9 Å². The molecule has 0 aromatic carbocycles. The van der Waals surface area contributed by atoms with Gasteiger partial charge in [-0.25, -0.2) is 0 Å². The summed E-state index contributed by atoms with van der Waals surface area (Å²) in [6, 6.07) is 0. The molecule has 1 unspecified atom stereocenters. The molecule has 2 heteroatoms. The van der Waals surface area contributed by atoms with Crippen LogP contribution in [0.25, 0.3) is 0 Å². The summed E-state index contributed by atoms with van der Waals surface area (Å²) in [6.07, 6.45) is 7.82. The van der Waals surface area contributed by atoms with Crippen molar-refractivity contribution in [1.82, 2.24) is 0 Å². The SMILES string of the molecule is CC(C)C1OC=C[C@]2(C[C@H]3CC[C@]2(C)C3(C)C)O1. The van der Waals surface area contributed by atoms with Crippen molar-refractivity contribution < 1.29 is 9.47 Å². The molecule has 18 heavy (non-hydrogen) atoms.